The van der Waals surface area contributed by atoms with Crippen molar-refractivity contribution in [1.29, 1.82) is 0 Å². The van der Waals surface area contributed by atoms with Crippen molar-refractivity contribution < 1.29 is 0 Å². The van der Waals surface area contributed by atoms with E-state index >= 15 is 0 Å². The minimum absolute atomic E-state index is 0.0749. The third kappa shape index (κ3) is 4.21. The van der Waals surface area contributed by atoms with Crippen LogP contribution in [0.15, 0.2) is 65.8 Å². The first-order chi connectivity index (χ1) is 15.1. The smallest absolute Gasteiger partial charge is 0.296 e. The second-order valence-electron chi connectivity index (χ2n) is 7.87. The van der Waals surface area contributed by atoms with E-state index < -0.39 is 0 Å². The highest BCUT2D eigenvalue weighted by Gasteiger charge is 2.15. The maximum atomic E-state index is 13.0. The SMILES string of the molecule is CCCc1cn(C(C)CC)c(=O)n1Cc1ccc(-c2ccccc2-n2cnnn2)cc1. The Morgan fingerprint density at radius 2 is 1.81 bits per heavy atom. The molecule has 0 fully saturated rings. The van der Waals surface area contributed by atoms with Gasteiger partial charge in [0.1, 0.15) is 6.33 Å². The van der Waals surface area contributed by atoms with E-state index in [2.05, 4.69) is 66.6 Å². The summed E-state index contributed by atoms with van der Waals surface area (Å²) in [6, 6.07) is 16.6. The van der Waals surface area contributed by atoms with Gasteiger partial charge in [0.2, 0.25) is 0 Å². The Kier molecular flexibility index (Phi) is 6.11. The van der Waals surface area contributed by atoms with E-state index in [1.165, 1.54) is 0 Å². The Labute approximate surface area is 182 Å². The van der Waals surface area contributed by atoms with Crippen molar-refractivity contribution in [3.8, 4) is 16.8 Å². The Morgan fingerprint density at radius 3 is 2.48 bits per heavy atom. The van der Waals surface area contributed by atoms with Crippen molar-refractivity contribution >= 4 is 0 Å². The topological polar surface area (TPSA) is 70.5 Å². The lowest BCUT2D eigenvalue weighted by atomic mass is 10.0. The molecule has 7 nitrogen and oxygen atoms in total. The second kappa shape index (κ2) is 9.12. The lowest BCUT2D eigenvalue weighted by molar-refractivity contribution is 0.504. The molecule has 0 radical (unpaired) electrons. The third-order valence-electron chi connectivity index (χ3n) is 5.76. The van der Waals surface area contributed by atoms with Crippen molar-refractivity contribution in [2.45, 2.75) is 52.6 Å². The molecule has 1 atom stereocenters. The van der Waals surface area contributed by atoms with E-state index in [1.54, 1.807) is 11.0 Å². The fraction of sp³-hybridized carbons (Fsp3) is 0.333. The molecule has 0 aliphatic heterocycles. The van der Waals surface area contributed by atoms with Crippen LogP contribution < -0.4 is 5.69 Å². The normalized spacial score (nSPS) is 12.2. The Morgan fingerprint density at radius 1 is 1.03 bits per heavy atom. The summed E-state index contributed by atoms with van der Waals surface area (Å²) in [6.45, 7) is 6.93. The van der Waals surface area contributed by atoms with Crippen LogP contribution in [0.4, 0.5) is 0 Å². The molecule has 0 aliphatic carbocycles. The molecule has 2 aromatic carbocycles. The lowest BCUT2D eigenvalue weighted by Crippen LogP contribution is -2.27. The van der Waals surface area contributed by atoms with E-state index in [9.17, 15) is 4.79 Å². The van der Waals surface area contributed by atoms with Crippen molar-refractivity contribution in [3.63, 3.8) is 0 Å². The monoisotopic (exact) mass is 416 g/mol. The highest BCUT2D eigenvalue weighted by atomic mass is 16.1. The van der Waals surface area contributed by atoms with Gasteiger partial charge in [-0.3, -0.25) is 9.13 Å². The molecule has 7 heteroatoms. The van der Waals surface area contributed by atoms with Crippen LogP contribution in [0.2, 0.25) is 0 Å². The number of benzene rings is 2. The first kappa shape index (κ1) is 20.8. The zero-order chi connectivity index (χ0) is 21.8. The van der Waals surface area contributed by atoms with Crippen LogP contribution in [-0.2, 0) is 13.0 Å². The molecule has 0 saturated carbocycles. The highest BCUT2D eigenvalue weighted by Crippen LogP contribution is 2.26. The minimum atomic E-state index is 0.0749. The van der Waals surface area contributed by atoms with Crippen LogP contribution in [0.1, 0.15) is 50.9 Å². The summed E-state index contributed by atoms with van der Waals surface area (Å²) in [5.41, 5.74) is 5.32. The zero-order valence-corrected chi connectivity index (χ0v) is 18.3. The summed E-state index contributed by atoms with van der Waals surface area (Å²) >= 11 is 0. The van der Waals surface area contributed by atoms with Crippen LogP contribution in [0.3, 0.4) is 0 Å². The summed E-state index contributed by atoms with van der Waals surface area (Å²) < 4.78 is 5.46. The molecule has 4 aromatic rings. The van der Waals surface area contributed by atoms with Crippen molar-refractivity contribution in [3.05, 3.63) is 82.8 Å². The molecule has 160 valence electrons. The minimum Gasteiger partial charge on any atom is -0.296 e. The van der Waals surface area contributed by atoms with Crippen molar-refractivity contribution in [1.82, 2.24) is 29.3 Å². The molecular weight excluding hydrogens is 388 g/mol. The van der Waals surface area contributed by atoms with Crippen LogP contribution in [-0.4, -0.2) is 29.3 Å². The molecule has 0 aliphatic rings. The summed E-state index contributed by atoms with van der Waals surface area (Å²) in [5.74, 6) is 0. The highest BCUT2D eigenvalue weighted by molar-refractivity contribution is 5.72. The van der Waals surface area contributed by atoms with Gasteiger partial charge < -0.3 is 0 Å². The summed E-state index contributed by atoms with van der Waals surface area (Å²) in [4.78, 5) is 13.0. The van der Waals surface area contributed by atoms with E-state index in [0.29, 0.717) is 6.54 Å². The summed E-state index contributed by atoms with van der Waals surface area (Å²) in [7, 11) is 0. The number of aromatic nitrogens is 6. The van der Waals surface area contributed by atoms with Gasteiger partial charge >= 0.3 is 5.69 Å². The average Bonchev–Trinajstić information content (AvgIpc) is 3.44. The number of imidazole rings is 1. The number of aryl methyl sites for hydroxylation is 1. The van der Waals surface area contributed by atoms with Gasteiger partial charge in [-0.05, 0) is 47.4 Å². The third-order valence-corrected chi connectivity index (χ3v) is 5.76. The number of rotatable bonds is 8. The lowest BCUT2D eigenvalue weighted by Gasteiger charge is -2.11. The molecule has 0 amide bonds. The summed E-state index contributed by atoms with van der Waals surface area (Å²) in [6.07, 6.45) is 6.48. The molecule has 0 N–H and O–H groups in total. The molecule has 0 saturated heterocycles. The molecular formula is C24H28N6O. The maximum Gasteiger partial charge on any atom is 0.328 e. The van der Waals surface area contributed by atoms with Crippen molar-refractivity contribution in [2.75, 3.05) is 0 Å². The van der Waals surface area contributed by atoms with Crippen molar-refractivity contribution in [2.24, 2.45) is 0 Å². The number of hydrogen-bond acceptors (Lipinski definition) is 4. The van der Waals surface area contributed by atoms with Crippen LogP contribution in [0, 0.1) is 0 Å². The van der Waals surface area contributed by atoms with E-state index in [0.717, 1.165) is 47.3 Å². The van der Waals surface area contributed by atoms with E-state index in [4.69, 9.17) is 0 Å². The second-order valence-corrected chi connectivity index (χ2v) is 7.87. The number of nitrogens with zero attached hydrogens (tertiary/aromatic N) is 6. The van der Waals surface area contributed by atoms with Gasteiger partial charge in [0.05, 0.1) is 12.2 Å². The van der Waals surface area contributed by atoms with Crippen LogP contribution in [0.5, 0.6) is 0 Å². The first-order valence-electron chi connectivity index (χ1n) is 10.8. The Balaban J connectivity index is 1.64. The van der Waals surface area contributed by atoms with Gasteiger partial charge in [-0.2, -0.15) is 4.68 Å². The van der Waals surface area contributed by atoms with Gasteiger partial charge in [0.15, 0.2) is 0 Å². The van der Waals surface area contributed by atoms with Gasteiger partial charge in [0, 0.05) is 23.5 Å². The van der Waals surface area contributed by atoms with Gasteiger partial charge in [0.25, 0.3) is 0 Å². The van der Waals surface area contributed by atoms with Gasteiger partial charge in [-0.1, -0.05) is 62.7 Å². The molecule has 0 spiro atoms. The van der Waals surface area contributed by atoms with E-state index in [-0.39, 0.29) is 11.7 Å². The number of para-hydroxylation sites is 1. The standard InChI is InChI=1S/C24H28N6O/c1-4-8-21-16-28(18(3)5-2)24(31)29(21)15-19-11-13-20(14-12-19)22-9-6-7-10-23(22)30-17-25-26-27-30/h6-7,9-14,16-18H,4-5,8,15H2,1-3H3. The molecule has 2 heterocycles. The maximum absolute atomic E-state index is 13.0. The largest absolute Gasteiger partial charge is 0.328 e. The number of tetrazole rings is 1. The molecule has 2 aromatic heterocycles. The first-order valence-corrected chi connectivity index (χ1v) is 10.8. The molecule has 31 heavy (non-hydrogen) atoms. The Hall–Kier alpha value is -3.48. The predicted molar refractivity (Wildman–Crippen MR) is 121 cm³/mol. The van der Waals surface area contributed by atoms with E-state index in [1.807, 2.05) is 33.5 Å². The number of hydrogen-bond donors (Lipinski definition) is 0. The predicted octanol–water partition coefficient (Wildman–Crippen LogP) is 4.26. The fourth-order valence-electron chi connectivity index (χ4n) is 3.85. The fourth-order valence-corrected chi connectivity index (χ4v) is 3.85. The summed E-state index contributed by atoms with van der Waals surface area (Å²) in [5, 5.41) is 11.5. The van der Waals surface area contributed by atoms with Gasteiger partial charge in [-0.15, -0.1) is 5.10 Å². The molecule has 0 bridgehead atoms. The molecule has 1 unspecified atom stereocenters. The molecule has 4 rings (SSSR count). The van der Waals surface area contributed by atoms with Crippen LogP contribution >= 0.6 is 0 Å². The van der Waals surface area contributed by atoms with Crippen LogP contribution in [0.25, 0.3) is 16.8 Å². The quantitative estimate of drug-likeness (QED) is 0.430. The average molecular weight is 417 g/mol. The Bertz CT molecular complexity index is 1190. The van der Waals surface area contributed by atoms with Gasteiger partial charge in [-0.25, -0.2) is 4.79 Å². The zero-order valence-electron chi connectivity index (χ0n) is 18.3.